The number of hydrogen-bond donors (Lipinski definition) is 1. The van der Waals surface area contributed by atoms with E-state index in [0.29, 0.717) is 23.7 Å². The van der Waals surface area contributed by atoms with Gasteiger partial charge in [0.25, 0.3) is 0 Å². The fourth-order valence-electron chi connectivity index (χ4n) is 3.04. The standard InChI is InChI=1S/C20H23N3O4S2.ClH/c21-11-5-13-23(14-15-28(24,25)18-7-2-1-3-8-18)29(26,27)20-9-4-6-17-16-22-12-10-19(17)20;/h1-4,6-10,12,16H,5,11,13-15,21H2;1H. The van der Waals surface area contributed by atoms with Crippen LogP contribution in [0.5, 0.6) is 0 Å². The van der Waals surface area contributed by atoms with Crippen LogP contribution < -0.4 is 5.73 Å². The lowest BCUT2D eigenvalue weighted by Crippen LogP contribution is -2.36. The van der Waals surface area contributed by atoms with Crippen molar-refractivity contribution in [1.29, 1.82) is 0 Å². The van der Waals surface area contributed by atoms with Crippen molar-refractivity contribution in [3.05, 3.63) is 67.0 Å². The van der Waals surface area contributed by atoms with Crippen LogP contribution in [0.2, 0.25) is 0 Å². The monoisotopic (exact) mass is 469 g/mol. The lowest BCUT2D eigenvalue weighted by atomic mass is 10.2. The fraction of sp³-hybridized carbons (Fsp3) is 0.250. The van der Waals surface area contributed by atoms with E-state index in [1.807, 2.05) is 0 Å². The molecule has 0 atom stereocenters. The fourth-order valence-corrected chi connectivity index (χ4v) is 6.12. The summed E-state index contributed by atoms with van der Waals surface area (Å²) < 4.78 is 53.2. The minimum atomic E-state index is -3.92. The van der Waals surface area contributed by atoms with Crippen LogP contribution in [-0.4, -0.2) is 51.5 Å². The van der Waals surface area contributed by atoms with E-state index in [1.165, 1.54) is 28.7 Å². The quantitative estimate of drug-likeness (QED) is 0.515. The van der Waals surface area contributed by atoms with Gasteiger partial charge < -0.3 is 5.73 Å². The Morgan fingerprint density at radius 2 is 1.63 bits per heavy atom. The largest absolute Gasteiger partial charge is 0.330 e. The maximum absolute atomic E-state index is 13.4. The molecule has 0 aliphatic heterocycles. The highest BCUT2D eigenvalue weighted by molar-refractivity contribution is 7.91. The van der Waals surface area contributed by atoms with E-state index in [2.05, 4.69) is 4.98 Å². The molecule has 1 aromatic heterocycles. The maximum Gasteiger partial charge on any atom is 0.243 e. The normalized spacial score (nSPS) is 12.1. The average Bonchev–Trinajstić information content (AvgIpc) is 2.73. The minimum Gasteiger partial charge on any atom is -0.330 e. The summed E-state index contributed by atoms with van der Waals surface area (Å²) in [5.74, 6) is -0.312. The molecule has 7 nitrogen and oxygen atoms in total. The number of nitrogens with two attached hydrogens (primary N) is 1. The lowest BCUT2D eigenvalue weighted by molar-refractivity contribution is 0.423. The Bertz CT molecular complexity index is 1180. The van der Waals surface area contributed by atoms with Gasteiger partial charge in [0.1, 0.15) is 0 Å². The molecule has 0 fully saturated rings. The van der Waals surface area contributed by atoms with Crippen LogP contribution in [-0.2, 0) is 19.9 Å². The highest BCUT2D eigenvalue weighted by atomic mass is 35.5. The van der Waals surface area contributed by atoms with Crippen LogP contribution in [0, 0.1) is 0 Å². The Hall–Kier alpha value is -2.04. The summed E-state index contributed by atoms with van der Waals surface area (Å²) >= 11 is 0. The third-order valence-electron chi connectivity index (χ3n) is 4.58. The first kappa shape index (κ1) is 24.2. The third-order valence-corrected chi connectivity index (χ3v) is 8.25. The number of benzene rings is 2. The summed E-state index contributed by atoms with van der Waals surface area (Å²) in [5, 5.41) is 1.25. The molecule has 0 bridgehead atoms. The highest BCUT2D eigenvalue weighted by Crippen LogP contribution is 2.25. The predicted octanol–water partition coefficient (Wildman–Crippen LogP) is 2.47. The molecule has 0 spiro atoms. The average molecular weight is 470 g/mol. The summed E-state index contributed by atoms with van der Waals surface area (Å²) in [6, 6.07) is 14.6. The van der Waals surface area contributed by atoms with E-state index in [1.54, 1.807) is 42.6 Å². The molecule has 162 valence electrons. The van der Waals surface area contributed by atoms with Crippen LogP contribution in [0.1, 0.15) is 6.42 Å². The lowest BCUT2D eigenvalue weighted by Gasteiger charge is -2.23. The second kappa shape index (κ2) is 10.3. The van der Waals surface area contributed by atoms with Gasteiger partial charge in [0.2, 0.25) is 10.0 Å². The summed E-state index contributed by atoms with van der Waals surface area (Å²) in [6.07, 6.45) is 3.56. The third kappa shape index (κ3) is 5.35. The van der Waals surface area contributed by atoms with Crippen molar-refractivity contribution in [2.24, 2.45) is 5.73 Å². The van der Waals surface area contributed by atoms with Crippen LogP contribution >= 0.6 is 12.4 Å². The summed E-state index contributed by atoms with van der Waals surface area (Å²) in [7, 11) is -7.53. The van der Waals surface area contributed by atoms with Crippen molar-refractivity contribution >= 4 is 43.0 Å². The molecule has 3 rings (SSSR count). The van der Waals surface area contributed by atoms with Gasteiger partial charge >= 0.3 is 0 Å². The zero-order chi connectivity index (χ0) is 20.9. The number of fused-ring (bicyclic) bond motifs is 1. The number of hydrogen-bond acceptors (Lipinski definition) is 6. The summed E-state index contributed by atoms with van der Waals surface area (Å²) in [6.45, 7) is 0.294. The Morgan fingerprint density at radius 1 is 0.900 bits per heavy atom. The Kier molecular flexibility index (Phi) is 8.34. The van der Waals surface area contributed by atoms with Gasteiger partial charge in [-0.15, -0.1) is 12.4 Å². The molecule has 2 N–H and O–H groups in total. The van der Waals surface area contributed by atoms with Gasteiger partial charge in [0.05, 0.1) is 15.5 Å². The molecular formula is C20H24ClN3O4S2. The van der Waals surface area contributed by atoms with Gasteiger partial charge in [0.15, 0.2) is 9.84 Å². The molecule has 3 aromatic rings. The number of halogens is 1. The molecule has 0 aliphatic rings. The van der Waals surface area contributed by atoms with Gasteiger partial charge in [-0.25, -0.2) is 16.8 Å². The van der Waals surface area contributed by atoms with Gasteiger partial charge in [-0.2, -0.15) is 4.31 Å². The number of sulfone groups is 1. The van der Waals surface area contributed by atoms with Gasteiger partial charge in [0, 0.05) is 36.3 Å². The summed E-state index contributed by atoms with van der Waals surface area (Å²) in [5.41, 5.74) is 5.57. The molecule has 10 heteroatoms. The van der Waals surface area contributed by atoms with Gasteiger partial charge in [-0.1, -0.05) is 30.3 Å². The Labute approximate surface area is 183 Å². The van der Waals surface area contributed by atoms with Crippen LogP contribution in [0.3, 0.4) is 0 Å². The van der Waals surface area contributed by atoms with Crippen molar-refractivity contribution in [2.45, 2.75) is 16.2 Å². The van der Waals surface area contributed by atoms with Crippen molar-refractivity contribution in [1.82, 2.24) is 9.29 Å². The van der Waals surface area contributed by atoms with Crippen LogP contribution in [0.15, 0.2) is 76.8 Å². The van der Waals surface area contributed by atoms with Crippen molar-refractivity contribution < 1.29 is 16.8 Å². The second-order valence-corrected chi connectivity index (χ2v) is 10.5. The molecule has 0 saturated heterocycles. The number of rotatable bonds is 9. The molecule has 0 radical (unpaired) electrons. The first-order valence-corrected chi connectivity index (χ1v) is 12.3. The smallest absolute Gasteiger partial charge is 0.243 e. The molecule has 1 heterocycles. The zero-order valence-electron chi connectivity index (χ0n) is 16.2. The molecular weight excluding hydrogens is 446 g/mol. The molecule has 2 aromatic carbocycles. The van der Waals surface area contributed by atoms with E-state index in [9.17, 15) is 16.8 Å². The number of pyridine rings is 1. The molecule has 0 amide bonds. The van der Waals surface area contributed by atoms with E-state index in [-0.39, 0.29) is 41.0 Å². The van der Waals surface area contributed by atoms with E-state index < -0.39 is 19.9 Å². The van der Waals surface area contributed by atoms with Crippen molar-refractivity contribution in [3.8, 4) is 0 Å². The topological polar surface area (TPSA) is 110 Å². The SMILES string of the molecule is Cl.NCCCN(CCS(=O)(=O)c1ccccc1)S(=O)(=O)c1cccc2cnccc12. The van der Waals surface area contributed by atoms with Crippen molar-refractivity contribution in [2.75, 3.05) is 25.4 Å². The Morgan fingerprint density at radius 3 is 2.33 bits per heavy atom. The second-order valence-electron chi connectivity index (χ2n) is 6.53. The van der Waals surface area contributed by atoms with Crippen molar-refractivity contribution in [3.63, 3.8) is 0 Å². The van der Waals surface area contributed by atoms with Crippen LogP contribution in [0.25, 0.3) is 10.8 Å². The first-order valence-electron chi connectivity index (χ1n) is 9.17. The van der Waals surface area contributed by atoms with Crippen LogP contribution in [0.4, 0.5) is 0 Å². The van der Waals surface area contributed by atoms with Gasteiger partial charge in [-0.05, 0) is 37.2 Å². The maximum atomic E-state index is 13.4. The Balaban J connectivity index is 0.00000320. The highest BCUT2D eigenvalue weighted by Gasteiger charge is 2.27. The predicted molar refractivity (Wildman–Crippen MR) is 120 cm³/mol. The van der Waals surface area contributed by atoms with Gasteiger partial charge in [-0.3, -0.25) is 4.98 Å². The summed E-state index contributed by atoms with van der Waals surface area (Å²) in [4.78, 5) is 4.33. The molecule has 30 heavy (non-hydrogen) atoms. The molecule has 0 unspecified atom stereocenters. The molecule has 0 saturated carbocycles. The minimum absolute atomic E-state index is 0. The number of aromatic nitrogens is 1. The first-order chi connectivity index (χ1) is 13.9. The molecule has 0 aliphatic carbocycles. The number of sulfonamides is 1. The zero-order valence-corrected chi connectivity index (χ0v) is 18.7. The van der Waals surface area contributed by atoms with E-state index >= 15 is 0 Å². The van der Waals surface area contributed by atoms with E-state index in [0.717, 1.165) is 0 Å². The van der Waals surface area contributed by atoms with E-state index in [4.69, 9.17) is 5.73 Å². The number of nitrogens with zero attached hydrogens (tertiary/aromatic N) is 2.